The van der Waals surface area contributed by atoms with Gasteiger partial charge in [0.15, 0.2) is 0 Å². The summed E-state index contributed by atoms with van der Waals surface area (Å²) in [4.78, 5) is 23.9. The van der Waals surface area contributed by atoms with E-state index < -0.39 is 46.1 Å². The topological polar surface area (TPSA) is 75.6 Å². The average molecular weight is 390 g/mol. The summed E-state index contributed by atoms with van der Waals surface area (Å²) in [6.07, 6.45) is 0.664. The van der Waals surface area contributed by atoms with E-state index in [0.717, 1.165) is 25.1 Å². The molecule has 0 radical (unpaired) electrons. The van der Waals surface area contributed by atoms with Gasteiger partial charge in [-0.15, -0.1) is 0 Å². The zero-order valence-corrected chi connectivity index (χ0v) is 13.7. The highest BCUT2D eigenvalue weighted by atomic mass is 79.9. The number of hydrogen-bond donors (Lipinski definition) is 2. The minimum Gasteiger partial charge on any atom is -0.501 e. The molecule has 0 spiro atoms. The second-order valence-corrected chi connectivity index (χ2v) is 5.87. The Labute approximate surface area is 139 Å². The van der Waals surface area contributed by atoms with Gasteiger partial charge >= 0.3 is 0 Å². The first-order valence-corrected chi connectivity index (χ1v) is 7.90. The second-order valence-electron chi connectivity index (χ2n) is 5.08. The fraction of sp³-hybridized carbons (Fsp3) is 0.333. The summed E-state index contributed by atoms with van der Waals surface area (Å²) in [5.74, 6) is -4.86. The van der Waals surface area contributed by atoms with Crippen molar-refractivity contribution in [1.82, 2.24) is 5.32 Å². The molecule has 124 valence electrons. The van der Waals surface area contributed by atoms with Crippen molar-refractivity contribution in [3.63, 3.8) is 0 Å². The molecule has 1 aromatic carbocycles. The van der Waals surface area contributed by atoms with E-state index in [0.29, 0.717) is 11.8 Å². The minimum atomic E-state index is -2.09. The first kappa shape index (κ1) is 17.4. The van der Waals surface area contributed by atoms with Crippen molar-refractivity contribution in [2.24, 2.45) is 0 Å². The molecule has 2 N–H and O–H groups in total. The molecule has 1 amide bonds. The van der Waals surface area contributed by atoms with E-state index in [9.17, 15) is 23.5 Å². The molecular weight excluding hydrogens is 376 g/mol. The number of benzene rings is 1. The summed E-state index contributed by atoms with van der Waals surface area (Å²) in [6, 6.07) is 3.10. The molecule has 0 aliphatic carbocycles. The first-order valence-electron chi connectivity index (χ1n) is 6.78. The predicted octanol–water partition coefficient (Wildman–Crippen LogP) is 2.80. The van der Waals surface area contributed by atoms with Gasteiger partial charge < -0.3 is 9.84 Å². The van der Waals surface area contributed by atoms with Gasteiger partial charge in [-0.1, -0.05) is 22.0 Å². The van der Waals surface area contributed by atoms with Crippen LogP contribution in [0.5, 0.6) is 0 Å². The Balaban J connectivity index is 2.29. The number of carbonyl (C=O) groups excluding carboxylic acids is 2. The third-order valence-electron chi connectivity index (χ3n) is 3.40. The smallest absolute Gasteiger partial charge is 0.250 e. The standard InChI is InChI=1S/C15H14BrF2NO4/c1-15(11-8(17)4-2-5-9(11)18)13(22)12(21)14(23-15)19-10(20)6-3-7-16/h2,4-5,21H,3,6-7H2,1H3,(H,19,20). The van der Waals surface area contributed by atoms with E-state index in [-0.39, 0.29) is 6.42 Å². The van der Waals surface area contributed by atoms with E-state index in [2.05, 4.69) is 21.2 Å². The highest BCUT2D eigenvalue weighted by Crippen LogP contribution is 2.39. The van der Waals surface area contributed by atoms with E-state index >= 15 is 0 Å². The van der Waals surface area contributed by atoms with Crippen molar-refractivity contribution in [1.29, 1.82) is 0 Å². The predicted molar refractivity (Wildman–Crippen MR) is 80.6 cm³/mol. The Bertz CT molecular complexity index is 672. The Morgan fingerprint density at radius 3 is 2.57 bits per heavy atom. The lowest BCUT2D eigenvalue weighted by Gasteiger charge is -2.24. The van der Waals surface area contributed by atoms with Crippen LogP contribution in [0.4, 0.5) is 8.78 Å². The van der Waals surface area contributed by atoms with Crippen LogP contribution in [0.15, 0.2) is 29.8 Å². The number of aliphatic hydroxyl groups is 1. The molecule has 0 saturated carbocycles. The molecule has 0 fully saturated rings. The summed E-state index contributed by atoms with van der Waals surface area (Å²) >= 11 is 3.17. The normalized spacial score (nSPS) is 20.6. The number of amides is 1. The van der Waals surface area contributed by atoms with Gasteiger partial charge in [0, 0.05) is 11.8 Å². The Morgan fingerprint density at radius 2 is 2.00 bits per heavy atom. The van der Waals surface area contributed by atoms with Crippen LogP contribution in [0.25, 0.3) is 0 Å². The first-order chi connectivity index (χ1) is 10.8. The maximum atomic E-state index is 13.9. The van der Waals surface area contributed by atoms with E-state index in [1.807, 2.05) is 0 Å². The molecule has 1 aliphatic rings. The lowest BCUT2D eigenvalue weighted by molar-refractivity contribution is -0.133. The molecule has 5 nitrogen and oxygen atoms in total. The van der Waals surface area contributed by atoms with Crippen LogP contribution in [-0.4, -0.2) is 22.1 Å². The SMILES string of the molecule is CC1(c2c(F)cccc2F)OC(NC(=O)CCCBr)=C(O)C1=O. The monoisotopic (exact) mass is 389 g/mol. The van der Waals surface area contributed by atoms with Crippen LogP contribution in [-0.2, 0) is 19.9 Å². The number of halogens is 3. The Morgan fingerprint density at radius 1 is 1.39 bits per heavy atom. The van der Waals surface area contributed by atoms with Crippen LogP contribution >= 0.6 is 15.9 Å². The molecule has 0 bridgehead atoms. The van der Waals surface area contributed by atoms with Gasteiger partial charge in [0.05, 0.1) is 5.56 Å². The van der Waals surface area contributed by atoms with Crippen LogP contribution in [0.2, 0.25) is 0 Å². The largest absolute Gasteiger partial charge is 0.501 e. The zero-order chi connectivity index (χ0) is 17.2. The van der Waals surface area contributed by atoms with Crippen molar-refractivity contribution in [3.05, 3.63) is 47.0 Å². The van der Waals surface area contributed by atoms with Crippen molar-refractivity contribution in [2.75, 3.05) is 5.33 Å². The van der Waals surface area contributed by atoms with Gasteiger partial charge in [0.2, 0.25) is 23.2 Å². The number of hydrogen-bond acceptors (Lipinski definition) is 4. The number of alkyl halides is 1. The summed E-state index contributed by atoms with van der Waals surface area (Å²) in [5, 5.41) is 12.7. The quantitative estimate of drug-likeness (QED) is 0.759. The molecule has 1 heterocycles. The number of nitrogens with one attached hydrogen (secondary N) is 1. The van der Waals surface area contributed by atoms with Gasteiger partial charge in [0.25, 0.3) is 5.78 Å². The van der Waals surface area contributed by atoms with E-state index in [1.54, 1.807) is 0 Å². The number of Topliss-reactive ketones (excluding diaryl/α,β-unsaturated/α-hetero) is 1. The molecule has 0 aromatic heterocycles. The molecule has 23 heavy (non-hydrogen) atoms. The van der Waals surface area contributed by atoms with E-state index in [4.69, 9.17) is 4.74 Å². The highest BCUT2D eigenvalue weighted by Gasteiger charge is 2.51. The molecule has 1 aromatic rings. The summed E-state index contributed by atoms with van der Waals surface area (Å²) in [7, 11) is 0. The van der Waals surface area contributed by atoms with Crippen LogP contribution in [0.3, 0.4) is 0 Å². The van der Waals surface area contributed by atoms with Gasteiger partial charge in [0.1, 0.15) is 11.6 Å². The second kappa shape index (κ2) is 6.66. The molecular formula is C15H14BrF2NO4. The van der Waals surface area contributed by atoms with E-state index in [1.165, 1.54) is 0 Å². The molecule has 0 saturated heterocycles. The number of ketones is 1. The van der Waals surface area contributed by atoms with Crippen molar-refractivity contribution in [3.8, 4) is 0 Å². The summed E-state index contributed by atoms with van der Waals surface area (Å²) in [6.45, 7) is 1.13. The van der Waals surface area contributed by atoms with Crippen molar-refractivity contribution < 1.29 is 28.2 Å². The fourth-order valence-electron chi connectivity index (χ4n) is 2.25. The van der Waals surface area contributed by atoms with Crippen molar-refractivity contribution in [2.45, 2.75) is 25.4 Å². The molecule has 1 unspecified atom stereocenters. The number of carbonyl (C=O) groups is 2. The third-order valence-corrected chi connectivity index (χ3v) is 3.96. The maximum Gasteiger partial charge on any atom is 0.250 e. The van der Waals surface area contributed by atoms with Crippen LogP contribution < -0.4 is 5.32 Å². The van der Waals surface area contributed by atoms with Crippen LogP contribution in [0, 0.1) is 11.6 Å². The zero-order valence-electron chi connectivity index (χ0n) is 12.2. The summed E-state index contributed by atoms with van der Waals surface area (Å²) < 4.78 is 33.1. The van der Waals surface area contributed by atoms with Gasteiger partial charge in [-0.3, -0.25) is 14.9 Å². The Hall–Kier alpha value is -1.96. The number of aliphatic hydroxyl groups excluding tert-OH is 1. The summed E-state index contributed by atoms with van der Waals surface area (Å²) in [5.41, 5.74) is -2.71. The Kier molecular flexibility index (Phi) is 5.03. The van der Waals surface area contributed by atoms with Gasteiger partial charge in [-0.25, -0.2) is 8.78 Å². The van der Waals surface area contributed by atoms with Gasteiger partial charge in [-0.05, 0) is 25.5 Å². The molecule has 2 rings (SSSR count). The minimum absolute atomic E-state index is 0.129. The molecule has 1 aliphatic heterocycles. The fourth-order valence-corrected chi connectivity index (χ4v) is 2.53. The highest BCUT2D eigenvalue weighted by molar-refractivity contribution is 9.09. The van der Waals surface area contributed by atoms with Crippen molar-refractivity contribution >= 4 is 27.6 Å². The maximum absolute atomic E-state index is 13.9. The third kappa shape index (κ3) is 3.21. The van der Waals surface area contributed by atoms with Crippen LogP contribution in [0.1, 0.15) is 25.3 Å². The molecule has 1 atom stereocenters. The molecule has 8 heteroatoms. The lowest BCUT2D eigenvalue weighted by Crippen LogP contribution is -2.34. The number of ether oxygens (including phenoxy) is 1. The number of rotatable bonds is 5. The average Bonchev–Trinajstić information content (AvgIpc) is 2.70. The van der Waals surface area contributed by atoms with Gasteiger partial charge in [-0.2, -0.15) is 0 Å². The lowest BCUT2D eigenvalue weighted by atomic mass is 9.90.